The van der Waals surface area contributed by atoms with E-state index < -0.39 is 0 Å². The molecule has 0 bridgehead atoms. The van der Waals surface area contributed by atoms with Crippen molar-refractivity contribution in [1.82, 2.24) is 4.98 Å². The Morgan fingerprint density at radius 3 is 2.57 bits per heavy atom. The minimum absolute atomic E-state index is 0.319. The second-order valence-corrected chi connectivity index (χ2v) is 6.22. The quantitative estimate of drug-likeness (QED) is 0.627. The van der Waals surface area contributed by atoms with E-state index in [0.29, 0.717) is 37.2 Å². The molecule has 0 radical (unpaired) electrons. The largest absolute Gasteiger partial charge is 0.319 e. The molecule has 3 rings (SSSR count). The van der Waals surface area contributed by atoms with Crippen LogP contribution in [-0.2, 0) is 0 Å². The van der Waals surface area contributed by atoms with Crippen LogP contribution in [0, 0.1) is 6.92 Å². The Morgan fingerprint density at radius 2 is 1.83 bits per heavy atom. The van der Waals surface area contributed by atoms with Gasteiger partial charge in [0.25, 0.3) is 5.91 Å². The summed E-state index contributed by atoms with van der Waals surface area (Å²) < 4.78 is 0. The van der Waals surface area contributed by atoms with Gasteiger partial charge in [-0.2, -0.15) is 0 Å². The first-order chi connectivity index (χ1) is 11.0. The van der Waals surface area contributed by atoms with E-state index in [9.17, 15) is 4.79 Å². The lowest BCUT2D eigenvalue weighted by molar-refractivity contribution is 0.102. The van der Waals surface area contributed by atoms with Crippen molar-refractivity contribution in [2.24, 2.45) is 0 Å². The van der Waals surface area contributed by atoms with E-state index in [1.807, 2.05) is 19.1 Å². The molecule has 0 spiro atoms. The normalized spacial score (nSPS) is 10.8. The molecule has 116 valence electrons. The molecular formula is C17H11Cl3N2O. The number of nitrogens with one attached hydrogen (secondary N) is 1. The highest BCUT2D eigenvalue weighted by Crippen LogP contribution is 2.35. The SMILES string of the molecule is Cc1cccc(Cl)c1C(=O)Nc1c(Cl)cc(Cl)c2cccnc12. The van der Waals surface area contributed by atoms with Crippen LogP contribution in [0.15, 0.2) is 42.6 Å². The van der Waals surface area contributed by atoms with Crippen LogP contribution < -0.4 is 5.32 Å². The molecule has 23 heavy (non-hydrogen) atoms. The molecule has 0 aliphatic carbocycles. The minimum Gasteiger partial charge on any atom is -0.319 e. The number of carbonyl (C=O) groups is 1. The Balaban J connectivity index is 2.10. The molecular weight excluding hydrogens is 355 g/mol. The summed E-state index contributed by atoms with van der Waals surface area (Å²) in [5, 5.41) is 4.69. The standard InChI is InChI=1S/C17H11Cl3N2O/c1-9-4-2-6-11(18)14(9)17(23)22-16-13(20)8-12(19)10-5-3-7-21-15(10)16/h2-8H,1H3,(H,22,23). The number of aryl methyl sites for hydroxylation is 1. The summed E-state index contributed by atoms with van der Waals surface area (Å²) in [7, 11) is 0. The predicted octanol–water partition coefficient (Wildman–Crippen LogP) is 5.76. The lowest BCUT2D eigenvalue weighted by atomic mass is 10.1. The summed E-state index contributed by atoms with van der Waals surface area (Å²) >= 11 is 18.6. The van der Waals surface area contributed by atoms with Gasteiger partial charge in [0.15, 0.2) is 0 Å². The van der Waals surface area contributed by atoms with Gasteiger partial charge < -0.3 is 5.32 Å². The van der Waals surface area contributed by atoms with Crippen molar-refractivity contribution in [2.45, 2.75) is 6.92 Å². The Labute approximate surface area is 148 Å². The number of anilines is 1. The summed E-state index contributed by atoms with van der Waals surface area (Å²) in [6, 6.07) is 10.5. The molecule has 1 aromatic heterocycles. The molecule has 0 saturated heterocycles. The molecule has 0 atom stereocenters. The van der Waals surface area contributed by atoms with Gasteiger partial charge in [0, 0.05) is 11.6 Å². The first kappa shape index (κ1) is 16.1. The number of benzene rings is 2. The topological polar surface area (TPSA) is 42.0 Å². The van der Waals surface area contributed by atoms with Crippen molar-refractivity contribution in [3.05, 3.63) is 68.8 Å². The highest BCUT2D eigenvalue weighted by molar-refractivity contribution is 6.41. The van der Waals surface area contributed by atoms with Crippen LogP contribution in [0.25, 0.3) is 10.9 Å². The number of pyridine rings is 1. The van der Waals surface area contributed by atoms with Crippen molar-refractivity contribution in [1.29, 1.82) is 0 Å². The average Bonchev–Trinajstić information content (AvgIpc) is 2.51. The minimum atomic E-state index is -0.343. The Bertz CT molecular complexity index is 905. The summed E-state index contributed by atoms with van der Waals surface area (Å²) in [5.41, 5.74) is 2.13. The maximum Gasteiger partial charge on any atom is 0.257 e. The number of fused-ring (bicyclic) bond motifs is 1. The highest BCUT2D eigenvalue weighted by atomic mass is 35.5. The number of amides is 1. The zero-order valence-corrected chi connectivity index (χ0v) is 14.3. The van der Waals surface area contributed by atoms with Crippen LogP contribution in [0.4, 0.5) is 5.69 Å². The number of carbonyl (C=O) groups excluding carboxylic acids is 1. The lowest BCUT2D eigenvalue weighted by Gasteiger charge is -2.13. The first-order valence-corrected chi connectivity index (χ1v) is 7.91. The maximum absolute atomic E-state index is 12.6. The van der Waals surface area contributed by atoms with E-state index in [1.165, 1.54) is 0 Å². The fraction of sp³-hybridized carbons (Fsp3) is 0.0588. The fourth-order valence-electron chi connectivity index (χ4n) is 2.39. The second kappa shape index (κ2) is 6.36. The van der Waals surface area contributed by atoms with Gasteiger partial charge in [-0.3, -0.25) is 9.78 Å². The maximum atomic E-state index is 12.6. The second-order valence-electron chi connectivity index (χ2n) is 5.00. The van der Waals surface area contributed by atoms with Crippen molar-refractivity contribution in [3.8, 4) is 0 Å². The Hall–Kier alpha value is -1.81. The third-order valence-electron chi connectivity index (χ3n) is 3.48. The van der Waals surface area contributed by atoms with Gasteiger partial charge in [0.2, 0.25) is 0 Å². The van der Waals surface area contributed by atoms with E-state index in [2.05, 4.69) is 10.3 Å². The molecule has 2 aromatic carbocycles. The van der Waals surface area contributed by atoms with E-state index in [0.717, 1.165) is 5.56 Å². The van der Waals surface area contributed by atoms with E-state index >= 15 is 0 Å². The summed E-state index contributed by atoms with van der Waals surface area (Å²) in [6.07, 6.45) is 1.62. The van der Waals surface area contributed by atoms with Crippen molar-refractivity contribution < 1.29 is 4.79 Å². The molecule has 3 aromatic rings. The molecule has 0 aliphatic heterocycles. The molecule has 0 fully saturated rings. The van der Waals surface area contributed by atoms with E-state index in [-0.39, 0.29) is 5.91 Å². The molecule has 0 unspecified atom stereocenters. The molecule has 1 heterocycles. The zero-order chi connectivity index (χ0) is 16.6. The molecule has 0 aliphatic rings. The van der Waals surface area contributed by atoms with Gasteiger partial charge in [0.05, 0.1) is 31.8 Å². The van der Waals surface area contributed by atoms with Gasteiger partial charge in [-0.1, -0.05) is 46.9 Å². The monoisotopic (exact) mass is 364 g/mol. The zero-order valence-electron chi connectivity index (χ0n) is 12.0. The van der Waals surface area contributed by atoms with Gasteiger partial charge >= 0.3 is 0 Å². The van der Waals surface area contributed by atoms with Gasteiger partial charge in [0.1, 0.15) is 0 Å². The number of hydrogen-bond donors (Lipinski definition) is 1. The third kappa shape index (κ3) is 3.00. The number of nitrogens with zero attached hydrogens (tertiary/aromatic N) is 1. The number of rotatable bonds is 2. The highest BCUT2D eigenvalue weighted by Gasteiger charge is 2.18. The van der Waals surface area contributed by atoms with Gasteiger partial charge in [-0.15, -0.1) is 0 Å². The van der Waals surface area contributed by atoms with Crippen LogP contribution in [0.3, 0.4) is 0 Å². The van der Waals surface area contributed by atoms with Crippen LogP contribution in [0.2, 0.25) is 15.1 Å². The molecule has 0 saturated carbocycles. The smallest absolute Gasteiger partial charge is 0.257 e. The summed E-state index contributed by atoms with van der Waals surface area (Å²) in [6.45, 7) is 1.82. The van der Waals surface area contributed by atoms with Gasteiger partial charge in [-0.05, 0) is 36.8 Å². The summed E-state index contributed by atoms with van der Waals surface area (Å²) in [5.74, 6) is -0.343. The molecule has 1 N–H and O–H groups in total. The van der Waals surface area contributed by atoms with Crippen LogP contribution >= 0.6 is 34.8 Å². The predicted molar refractivity (Wildman–Crippen MR) is 95.9 cm³/mol. The number of halogens is 3. The van der Waals surface area contributed by atoms with Gasteiger partial charge in [-0.25, -0.2) is 0 Å². The fourth-order valence-corrected chi connectivity index (χ4v) is 3.26. The Kier molecular flexibility index (Phi) is 4.44. The van der Waals surface area contributed by atoms with Crippen molar-refractivity contribution in [3.63, 3.8) is 0 Å². The molecule has 1 amide bonds. The van der Waals surface area contributed by atoms with Crippen molar-refractivity contribution >= 4 is 57.3 Å². The van der Waals surface area contributed by atoms with Crippen molar-refractivity contribution in [2.75, 3.05) is 5.32 Å². The third-order valence-corrected chi connectivity index (χ3v) is 4.41. The Morgan fingerprint density at radius 1 is 1.04 bits per heavy atom. The van der Waals surface area contributed by atoms with Crippen LogP contribution in [0.1, 0.15) is 15.9 Å². The van der Waals surface area contributed by atoms with E-state index in [1.54, 1.807) is 30.5 Å². The lowest BCUT2D eigenvalue weighted by Crippen LogP contribution is -2.15. The average molecular weight is 366 g/mol. The molecule has 6 heteroatoms. The first-order valence-electron chi connectivity index (χ1n) is 6.78. The number of hydrogen-bond acceptors (Lipinski definition) is 2. The van der Waals surface area contributed by atoms with Crippen LogP contribution in [-0.4, -0.2) is 10.9 Å². The number of aromatic nitrogens is 1. The molecule has 3 nitrogen and oxygen atoms in total. The summed E-state index contributed by atoms with van der Waals surface area (Å²) in [4.78, 5) is 16.9. The van der Waals surface area contributed by atoms with Crippen LogP contribution in [0.5, 0.6) is 0 Å². The van der Waals surface area contributed by atoms with E-state index in [4.69, 9.17) is 34.8 Å².